The van der Waals surface area contributed by atoms with Gasteiger partial charge in [-0.05, 0) is 110 Å². The summed E-state index contributed by atoms with van der Waals surface area (Å²) < 4.78 is 50.9. The minimum absolute atomic E-state index is 0.00753. The summed E-state index contributed by atoms with van der Waals surface area (Å²) in [6.45, 7) is 3.96. The molecule has 3 saturated heterocycles. The Labute approximate surface area is 775 Å². The molecule has 0 bridgehead atoms. The molecule has 6 aromatic rings. The highest BCUT2D eigenvalue weighted by atomic mass is 32.2. The number of hydrogen-bond donors (Lipinski definition) is 15. The summed E-state index contributed by atoms with van der Waals surface area (Å²) in [5.41, 5.74) is 11.4. The number of nitrogens with two attached hydrogens (primary N) is 2. The van der Waals surface area contributed by atoms with Crippen molar-refractivity contribution < 1.29 is 115 Å². The number of nitrogens with zero attached hydrogens (tertiary/aromatic N) is 5. The second kappa shape index (κ2) is 48.8. The van der Waals surface area contributed by atoms with Gasteiger partial charge in [-0.3, -0.25) is 81.5 Å². The third-order valence-corrected chi connectivity index (χ3v) is 24.9. The van der Waals surface area contributed by atoms with Crippen LogP contribution in [-0.2, 0) is 118 Å². The Bertz CT molecular complexity index is 5230. The van der Waals surface area contributed by atoms with Crippen LogP contribution >= 0.6 is 11.8 Å². The fourth-order valence-electron chi connectivity index (χ4n) is 16.0. The Morgan fingerprint density at radius 3 is 1.74 bits per heavy atom. The van der Waals surface area contributed by atoms with Crippen LogP contribution in [0.25, 0.3) is 10.9 Å². The fourth-order valence-corrected chi connectivity index (χ4v) is 16.9. The van der Waals surface area contributed by atoms with Crippen molar-refractivity contribution in [3.8, 4) is 5.75 Å². The SMILES string of the molecule is CCCC[C@H]1C(=O)N2CC[C@]2(C)C(=O)N[C@@H](CC(=O)O)C(=O)N[C@@H](C(C)C)C(=O)N(C)[C@@H](Cc2ccccc2)C(=O)N[C@@H](CCC(=O)O)C(=O)N2CCOC[C@@H]2C(=O)N[C@@H](Cc2c[nH]c3ccccc23)C(=O)N[C@@H](Cc2ccc(O)cc2)C(=O)N[C@@H](CCCN)C(=O)N[C@H](C(=O)NCC(N)=O)CSCC(=O)N[C@@H](Cc2cc(F)c(F)c(F)c2)C(=O)N(C)[C@@H](Cc2ccccc2)C(=O)N1C. The molecule has 5 aromatic carbocycles. The van der Waals surface area contributed by atoms with Crippen molar-refractivity contribution in [3.63, 3.8) is 0 Å². The smallest absolute Gasteiger partial charge is 0.305 e. The van der Waals surface area contributed by atoms with Crippen LogP contribution in [0, 0.1) is 23.4 Å². The number of benzene rings is 5. The zero-order valence-electron chi connectivity index (χ0n) is 75.3. The van der Waals surface area contributed by atoms with Gasteiger partial charge in [-0.2, -0.15) is 0 Å². The van der Waals surface area contributed by atoms with Gasteiger partial charge in [0.15, 0.2) is 17.5 Å². The number of likely N-dealkylation sites (N-methyl/N-ethyl adjacent to an activating group) is 3. The van der Waals surface area contributed by atoms with Crippen LogP contribution < -0.4 is 59.3 Å². The number of primary amides is 1. The first-order valence-corrected chi connectivity index (χ1v) is 45.1. The number of phenolic OH excluding ortho intramolecular Hbond substituents is 1. The van der Waals surface area contributed by atoms with Crippen molar-refractivity contribution >= 4 is 123 Å². The van der Waals surface area contributed by atoms with Crippen LogP contribution in [0.15, 0.2) is 128 Å². The lowest BCUT2D eigenvalue weighted by atomic mass is 9.84. The number of amides is 15. The van der Waals surface area contributed by atoms with Crippen LogP contribution in [0.5, 0.6) is 5.75 Å². The first kappa shape index (κ1) is 104. The number of halogens is 3. The lowest BCUT2D eigenvalue weighted by Gasteiger charge is -2.51. The van der Waals surface area contributed by atoms with Gasteiger partial charge in [-0.25, -0.2) is 13.2 Å². The number of thioether (sulfide) groups is 1. The van der Waals surface area contributed by atoms with Gasteiger partial charge in [0, 0.05) is 95.6 Å². The number of carboxylic acids is 2. The number of rotatable bonds is 25. The van der Waals surface area contributed by atoms with Gasteiger partial charge >= 0.3 is 11.9 Å². The van der Waals surface area contributed by atoms with E-state index in [2.05, 4.69) is 52.8 Å². The second-order valence-electron chi connectivity index (χ2n) is 33.9. The highest BCUT2D eigenvalue weighted by molar-refractivity contribution is 8.00. The number of phenols is 1. The molecule has 0 unspecified atom stereocenters. The molecule has 722 valence electrons. The lowest BCUT2D eigenvalue weighted by Crippen LogP contribution is -2.71. The molecule has 3 aliphatic rings. The minimum atomic E-state index is -2.00. The van der Waals surface area contributed by atoms with Crippen LogP contribution in [0.2, 0.25) is 0 Å². The summed E-state index contributed by atoms with van der Waals surface area (Å²) in [6, 6.07) is 9.25. The maximum atomic E-state index is 15.7. The van der Waals surface area contributed by atoms with Gasteiger partial charge in [-0.1, -0.05) is 125 Å². The van der Waals surface area contributed by atoms with E-state index in [0.29, 0.717) is 63.5 Å². The monoisotopic (exact) mass is 1880 g/mol. The molecule has 134 heavy (non-hydrogen) atoms. The number of fused-ring (bicyclic) bond motifs is 3. The van der Waals surface area contributed by atoms with Gasteiger partial charge in [0.05, 0.1) is 31.9 Å². The number of hydrogen-bond acceptors (Lipinski definition) is 21. The summed E-state index contributed by atoms with van der Waals surface area (Å²) in [5.74, 6) is -26.2. The van der Waals surface area contributed by atoms with Gasteiger partial charge in [-0.15, -0.1) is 11.8 Å². The van der Waals surface area contributed by atoms with E-state index < -0.39 is 259 Å². The molecule has 9 rings (SSSR count). The van der Waals surface area contributed by atoms with E-state index >= 15 is 51.9 Å². The highest BCUT2D eigenvalue weighted by Gasteiger charge is 2.53. The average molecular weight is 1890 g/mol. The largest absolute Gasteiger partial charge is 0.508 e. The van der Waals surface area contributed by atoms with Gasteiger partial charge < -0.3 is 109 Å². The first-order chi connectivity index (χ1) is 63.7. The van der Waals surface area contributed by atoms with Crippen LogP contribution in [-0.4, -0.2) is 295 Å². The normalized spacial score (nSPS) is 24.0. The molecule has 17 N–H and O–H groups in total. The number of ether oxygens (including phenoxy) is 1. The van der Waals surface area contributed by atoms with Crippen molar-refractivity contribution in [2.24, 2.45) is 17.4 Å². The Balaban J connectivity index is 1.14. The molecule has 0 saturated carbocycles. The molecule has 3 fully saturated rings. The maximum Gasteiger partial charge on any atom is 0.305 e. The number of carbonyl (C=O) groups is 17. The Hall–Kier alpha value is -13.5. The Morgan fingerprint density at radius 1 is 0.567 bits per heavy atom. The van der Waals surface area contributed by atoms with E-state index in [-0.39, 0.29) is 88.9 Å². The first-order valence-electron chi connectivity index (χ1n) is 44.0. The predicted molar refractivity (Wildman–Crippen MR) is 482 cm³/mol. The molecule has 38 nitrogen and oxygen atoms in total. The van der Waals surface area contributed by atoms with Gasteiger partial charge in [0.2, 0.25) is 88.6 Å². The number of morpholine rings is 1. The standard InChI is InChI=1S/C92H116F3N17O21S/c1-8-9-26-69-89(130)112-35-33-92(112,4)91(132)106-66(45-76(118)119)83(124)107-78(51(2)3)90(131)109(6)70(42-52-19-12-10-13-20-52)84(125)102-63(31-32-75(116)117)87(128)111-36-37-133-48-72(111)85(126)104-65(44-56-46-98-61-24-17-16-23-58(56)61)82(123)103-64(40-54-27-29-57(113)30-28-54)81(122)101-62(25-18-34-96)80(121)105-68(79(120)99-47-73(97)114)49-134-50-74(115)100-67(41-55-38-59(93)77(95)60(94)39-55)86(127)110(7)71(88(129)108(69)5)43-53-21-14-11-15-22-53/h10-17,19-24,27-30,38-39,46,51,62-72,78,98,113H,8-9,18,25-26,31-37,40-45,47-50,96H2,1-7H3,(H2,97,114)(H,99,120)(H,100,115)(H,101,122)(H,102,125)(H,103,123)(H,104,126)(H,105,121)(H,106,132)(H,107,124)(H,116,117)(H,118,119)/t62-,63-,64-,65-,66-,67-,68-,69-,70-,71-,72+,78-,92+/m0/s1. The van der Waals surface area contributed by atoms with E-state index in [1.165, 1.54) is 66.2 Å². The number of unbranched alkanes of at least 4 members (excludes halogenated alkanes) is 1. The number of carboxylic acid groups (broad SMARTS) is 2. The molecule has 13 atom stereocenters. The number of para-hydroxylation sites is 1. The van der Waals surface area contributed by atoms with Crippen LogP contribution in [0.3, 0.4) is 0 Å². The summed E-state index contributed by atoms with van der Waals surface area (Å²) >= 11 is 0.644. The average Bonchev–Trinajstić information content (AvgIpc) is 0.823. The summed E-state index contributed by atoms with van der Waals surface area (Å²) in [6.07, 6.45) is -2.82. The minimum Gasteiger partial charge on any atom is -0.508 e. The second-order valence-corrected chi connectivity index (χ2v) is 34.9. The van der Waals surface area contributed by atoms with Crippen molar-refractivity contribution in [2.45, 2.75) is 196 Å². The zero-order chi connectivity index (χ0) is 97.9. The van der Waals surface area contributed by atoms with E-state index in [0.717, 1.165) is 24.5 Å². The molecular formula is C92H116F3N17O21S. The number of nitrogens with one attached hydrogen (secondary N) is 10. The van der Waals surface area contributed by atoms with Crippen molar-refractivity contribution in [2.75, 3.05) is 72.0 Å². The zero-order valence-corrected chi connectivity index (χ0v) is 76.1. The van der Waals surface area contributed by atoms with Gasteiger partial charge in [0.1, 0.15) is 83.8 Å². The fraction of sp³-hybridized carbons (Fsp3) is 0.467. The summed E-state index contributed by atoms with van der Waals surface area (Å²) in [7, 11) is 3.65. The topological polar surface area (TPSA) is 552 Å². The molecule has 15 amide bonds. The summed E-state index contributed by atoms with van der Waals surface area (Å²) in [4.78, 5) is 258. The van der Waals surface area contributed by atoms with Crippen LogP contribution in [0.4, 0.5) is 13.2 Å². The van der Waals surface area contributed by atoms with Crippen LogP contribution in [0.1, 0.15) is 113 Å². The van der Waals surface area contributed by atoms with Gasteiger partial charge in [0.25, 0.3) is 0 Å². The molecular weight excluding hydrogens is 1770 g/mol. The summed E-state index contributed by atoms with van der Waals surface area (Å²) in [5, 5.41) is 54.6. The molecule has 0 aliphatic carbocycles. The number of aromatic nitrogens is 1. The number of H-pyrrole nitrogens is 1. The van der Waals surface area contributed by atoms with Crippen molar-refractivity contribution in [1.29, 1.82) is 0 Å². The molecule has 4 heterocycles. The quantitative estimate of drug-likeness (QED) is 0.0350. The molecule has 0 spiro atoms. The Kier molecular flexibility index (Phi) is 37.9. The van der Waals surface area contributed by atoms with E-state index in [9.17, 15) is 58.1 Å². The highest BCUT2D eigenvalue weighted by Crippen LogP contribution is 2.34. The van der Waals surface area contributed by atoms with E-state index in [4.69, 9.17) is 16.2 Å². The molecule has 42 heteroatoms. The number of aliphatic carboxylic acids is 2. The third-order valence-electron chi connectivity index (χ3n) is 23.8. The van der Waals surface area contributed by atoms with E-state index in [1.807, 2.05) is 0 Å². The molecule has 3 aliphatic heterocycles. The number of carbonyl (C=O) groups excluding carboxylic acids is 15. The maximum absolute atomic E-state index is 15.7. The molecule has 0 radical (unpaired) electrons. The Morgan fingerprint density at radius 2 is 1.13 bits per heavy atom. The number of aromatic hydroxyl groups is 1. The third kappa shape index (κ3) is 28.0. The lowest BCUT2D eigenvalue weighted by molar-refractivity contribution is -0.165. The number of aromatic amines is 1. The van der Waals surface area contributed by atoms with Crippen molar-refractivity contribution in [1.82, 2.24) is 77.3 Å². The van der Waals surface area contributed by atoms with E-state index in [1.54, 1.807) is 98.0 Å². The predicted octanol–water partition coefficient (Wildman–Crippen LogP) is 0.655. The van der Waals surface area contributed by atoms with Crippen molar-refractivity contribution in [3.05, 3.63) is 173 Å². The molecule has 1 aromatic heterocycles.